The summed E-state index contributed by atoms with van der Waals surface area (Å²) in [6.07, 6.45) is 1.95. The van der Waals surface area contributed by atoms with Crippen molar-refractivity contribution in [1.82, 2.24) is 4.98 Å². The SMILES string of the molecule is Cc1ccc(-c2nc(C3CC3)c(C(=O)O)o2)o1. The lowest BCUT2D eigenvalue weighted by Crippen LogP contribution is -1.98. The van der Waals surface area contributed by atoms with Crippen LogP contribution in [0.3, 0.4) is 0 Å². The minimum atomic E-state index is -1.08. The van der Waals surface area contributed by atoms with Gasteiger partial charge in [-0.25, -0.2) is 9.78 Å². The normalized spacial score (nSPS) is 15.1. The summed E-state index contributed by atoms with van der Waals surface area (Å²) in [4.78, 5) is 15.3. The van der Waals surface area contributed by atoms with Crippen LogP contribution in [0.5, 0.6) is 0 Å². The lowest BCUT2D eigenvalue weighted by molar-refractivity contribution is 0.0661. The van der Waals surface area contributed by atoms with Crippen molar-refractivity contribution in [2.24, 2.45) is 0 Å². The second-order valence-electron chi connectivity index (χ2n) is 4.22. The quantitative estimate of drug-likeness (QED) is 0.881. The zero-order valence-electron chi connectivity index (χ0n) is 9.27. The van der Waals surface area contributed by atoms with E-state index in [9.17, 15) is 4.79 Å². The topological polar surface area (TPSA) is 76.5 Å². The lowest BCUT2D eigenvalue weighted by Gasteiger charge is -1.89. The van der Waals surface area contributed by atoms with Crippen molar-refractivity contribution in [3.05, 3.63) is 29.3 Å². The molecule has 2 heterocycles. The monoisotopic (exact) mass is 233 g/mol. The van der Waals surface area contributed by atoms with Crippen LogP contribution in [0, 0.1) is 6.92 Å². The highest BCUT2D eigenvalue weighted by atomic mass is 16.4. The Morgan fingerprint density at radius 2 is 2.18 bits per heavy atom. The first-order chi connectivity index (χ1) is 8.15. The zero-order chi connectivity index (χ0) is 12.0. The van der Waals surface area contributed by atoms with E-state index in [1.54, 1.807) is 12.1 Å². The lowest BCUT2D eigenvalue weighted by atomic mass is 10.2. The molecule has 2 aromatic heterocycles. The van der Waals surface area contributed by atoms with Crippen LogP contribution >= 0.6 is 0 Å². The summed E-state index contributed by atoms with van der Waals surface area (Å²) in [6.45, 7) is 1.81. The molecule has 1 N–H and O–H groups in total. The maximum Gasteiger partial charge on any atom is 0.373 e. The Kier molecular flexibility index (Phi) is 2.07. The van der Waals surface area contributed by atoms with Gasteiger partial charge in [-0.05, 0) is 31.9 Å². The summed E-state index contributed by atoms with van der Waals surface area (Å²) in [5.74, 6) is 0.553. The molecule has 0 bridgehead atoms. The summed E-state index contributed by atoms with van der Waals surface area (Å²) in [5.41, 5.74) is 0.543. The molecule has 0 saturated heterocycles. The molecule has 2 aromatic rings. The first kappa shape index (κ1) is 10.1. The maximum atomic E-state index is 11.0. The predicted octanol–water partition coefficient (Wildman–Crippen LogP) is 2.82. The van der Waals surface area contributed by atoms with Gasteiger partial charge in [0, 0.05) is 5.92 Å². The average molecular weight is 233 g/mol. The number of oxazole rings is 1. The van der Waals surface area contributed by atoms with Crippen molar-refractivity contribution in [3.63, 3.8) is 0 Å². The molecular formula is C12H11NO4. The Bertz CT molecular complexity index is 577. The fourth-order valence-corrected chi connectivity index (χ4v) is 1.77. The number of rotatable bonds is 3. The highest BCUT2D eigenvalue weighted by Gasteiger charge is 2.34. The molecule has 5 heteroatoms. The summed E-state index contributed by atoms with van der Waals surface area (Å²) < 4.78 is 10.6. The second kappa shape index (κ2) is 3.48. The molecule has 0 unspecified atom stereocenters. The highest BCUT2D eigenvalue weighted by molar-refractivity contribution is 5.86. The molecule has 0 amide bonds. The smallest absolute Gasteiger partial charge is 0.373 e. The van der Waals surface area contributed by atoms with Crippen LogP contribution in [0.2, 0.25) is 0 Å². The third kappa shape index (κ3) is 1.73. The van der Waals surface area contributed by atoms with Gasteiger partial charge in [0.05, 0.1) is 5.69 Å². The number of aromatic nitrogens is 1. The molecule has 1 fully saturated rings. The molecule has 0 radical (unpaired) electrons. The number of carboxylic acids is 1. The molecule has 3 rings (SSSR count). The Balaban J connectivity index is 2.06. The van der Waals surface area contributed by atoms with Gasteiger partial charge < -0.3 is 13.9 Å². The van der Waals surface area contributed by atoms with Gasteiger partial charge in [-0.2, -0.15) is 0 Å². The number of furan rings is 1. The van der Waals surface area contributed by atoms with Crippen molar-refractivity contribution in [2.75, 3.05) is 0 Å². The largest absolute Gasteiger partial charge is 0.475 e. The molecule has 1 aliphatic carbocycles. The zero-order valence-corrected chi connectivity index (χ0v) is 9.27. The summed E-state index contributed by atoms with van der Waals surface area (Å²) in [5, 5.41) is 9.04. The van der Waals surface area contributed by atoms with Crippen LogP contribution in [0.1, 0.15) is 40.8 Å². The fraction of sp³-hybridized carbons (Fsp3) is 0.333. The summed E-state index contributed by atoms with van der Waals surface area (Å²) in [7, 11) is 0. The minimum absolute atomic E-state index is 0.0587. The molecule has 0 aromatic carbocycles. The third-order valence-electron chi connectivity index (χ3n) is 2.76. The Morgan fingerprint density at radius 3 is 2.71 bits per heavy atom. The van der Waals surface area contributed by atoms with E-state index in [1.165, 1.54) is 0 Å². The van der Waals surface area contributed by atoms with Gasteiger partial charge in [-0.15, -0.1) is 0 Å². The number of aromatic carboxylic acids is 1. The van der Waals surface area contributed by atoms with E-state index in [0.717, 1.165) is 18.6 Å². The van der Waals surface area contributed by atoms with Crippen molar-refractivity contribution in [1.29, 1.82) is 0 Å². The van der Waals surface area contributed by atoms with Crippen LogP contribution in [-0.2, 0) is 0 Å². The van der Waals surface area contributed by atoms with Crippen LogP contribution in [0.15, 0.2) is 21.0 Å². The number of nitrogens with zero attached hydrogens (tertiary/aromatic N) is 1. The highest BCUT2D eigenvalue weighted by Crippen LogP contribution is 2.42. The van der Waals surface area contributed by atoms with E-state index >= 15 is 0 Å². The minimum Gasteiger partial charge on any atom is -0.475 e. The Labute approximate surface area is 97.1 Å². The van der Waals surface area contributed by atoms with Gasteiger partial charge in [0.15, 0.2) is 5.76 Å². The molecule has 1 aliphatic rings. The van der Waals surface area contributed by atoms with Crippen molar-refractivity contribution >= 4 is 5.97 Å². The summed E-state index contributed by atoms with van der Waals surface area (Å²) >= 11 is 0. The average Bonchev–Trinajstić information content (AvgIpc) is 2.87. The molecule has 5 nitrogen and oxygen atoms in total. The van der Waals surface area contributed by atoms with E-state index in [-0.39, 0.29) is 17.6 Å². The first-order valence-electron chi connectivity index (χ1n) is 5.46. The number of carboxylic acid groups (broad SMARTS) is 1. The molecule has 88 valence electrons. The fourth-order valence-electron chi connectivity index (χ4n) is 1.77. The molecule has 1 saturated carbocycles. The maximum absolute atomic E-state index is 11.0. The molecular weight excluding hydrogens is 222 g/mol. The van der Waals surface area contributed by atoms with Gasteiger partial charge in [-0.1, -0.05) is 0 Å². The van der Waals surface area contributed by atoms with Crippen molar-refractivity contribution in [2.45, 2.75) is 25.7 Å². The summed E-state index contributed by atoms with van der Waals surface area (Å²) in [6, 6.07) is 3.51. The molecule has 17 heavy (non-hydrogen) atoms. The van der Waals surface area contributed by atoms with E-state index in [4.69, 9.17) is 13.9 Å². The number of hydrogen-bond acceptors (Lipinski definition) is 4. The Morgan fingerprint density at radius 1 is 1.41 bits per heavy atom. The molecule has 0 spiro atoms. The number of aryl methyl sites for hydroxylation is 1. The van der Waals surface area contributed by atoms with Gasteiger partial charge >= 0.3 is 5.97 Å². The predicted molar refractivity (Wildman–Crippen MR) is 57.9 cm³/mol. The van der Waals surface area contributed by atoms with Crippen LogP contribution in [0.25, 0.3) is 11.7 Å². The second-order valence-corrected chi connectivity index (χ2v) is 4.22. The van der Waals surface area contributed by atoms with E-state index in [2.05, 4.69) is 4.98 Å². The molecule has 0 aliphatic heterocycles. The van der Waals surface area contributed by atoms with E-state index < -0.39 is 5.97 Å². The van der Waals surface area contributed by atoms with Crippen LogP contribution < -0.4 is 0 Å². The van der Waals surface area contributed by atoms with Crippen molar-refractivity contribution < 1.29 is 18.7 Å². The Hall–Kier alpha value is -2.04. The van der Waals surface area contributed by atoms with Gasteiger partial charge in [0.1, 0.15) is 5.76 Å². The van der Waals surface area contributed by atoms with Gasteiger partial charge in [0.2, 0.25) is 5.76 Å². The first-order valence-corrected chi connectivity index (χ1v) is 5.46. The number of carbonyl (C=O) groups is 1. The van der Waals surface area contributed by atoms with Gasteiger partial charge in [0.25, 0.3) is 5.89 Å². The molecule has 0 atom stereocenters. The van der Waals surface area contributed by atoms with E-state index in [0.29, 0.717) is 11.5 Å². The van der Waals surface area contributed by atoms with Gasteiger partial charge in [-0.3, -0.25) is 0 Å². The van der Waals surface area contributed by atoms with Crippen LogP contribution in [0.4, 0.5) is 0 Å². The van der Waals surface area contributed by atoms with E-state index in [1.807, 2.05) is 6.92 Å². The number of hydrogen-bond donors (Lipinski definition) is 1. The third-order valence-corrected chi connectivity index (χ3v) is 2.76. The standard InChI is InChI=1S/C12H11NO4/c1-6-2-5-8(16-6)11-13-9(7-3-4-7)10(17-11)12(14)15/h2,5,7H,3-4H2,1H3,(H,14,15). The van der Waals surface area contributed by atoms with Crippen molar-refractivity contribution in [3.8, 4) is 11.7 Å². The van der Waals surface area contributed by atoms with Crippen LogP contribution in [-0.4, -0.2) is 16.1 Å².